The van der Waals surface area contributed by atoms with Gasteiger partial charge < -0.3 is 25.4 Å². The van der Waals surface area contributed by atoms with Crippen LogP contribution in [0.25, 0.3) is 0 Å². The van der Waals surface area contributed by atoms with Crippen LogP contribution in [0.15, 0.2) is 18.2 Å². The number of ether oxygens (including phenoxy) is 1. The number of nitrogens with one attached hydrogen (secondary N) is 1. The third-order valence-corrected chi connectivity index (χ3v) is 3.14. The van der Waals surface area contributed by atoms with E-state index >= 15 is 0 Å². The number of benzene rings is 1. The molecule has 2 atom stereocenters. The zero-order chi connectivity index (χ0) is 20.3. The van der Waals surface area contributed by atoms with Crippen LogP contribution < -0.4 is 5.32 Å². The van der Waals surface area contributed by atoms with Gasteiger partial charge in [0.2, 0.25) is 0 Å². The smallest absolute Gasteiger partial charge is 0.417 e. The zero-order valence-electron chi connectivity index (χ0n) is 14.3. The minimum absolute atomic E-state index is 0.346. The molecule has 1 aromatic rings. The van der Waals surface area contributed by atoms with E-state index in [9.17, 15) is 33.0 Å². The highest BCUT2D eigenvalue weighted by Crippen LogP contribution is 2.34. The van der Waals surface area contributed by atoms with Gasteiger partial charge in [0.25, 0.3) is 0 Å². The van der Waals surface area contributed by atoms with Gasteiger partial charge in [-0.2, -0.15) is 13.2 Å². The molecule has 1 amide bonds. The SMILES string of the molecule is CC(C)(C)OC(=O)NCC(O)C(O)c1ccc(C(=O)O)c(C(F)(F)F)c1. The molecule has 0 aliphatic heterocycles. The molecule has 0 spiro atoms. The molecule has 1 aromatic carbocycles. The predicted molar refractivity (Wildman–Crippen MR) is 83.6 cm³/mol. The number of hydrogen-bond acceptors (Lipinski definition) is 5. The quantitative estimate of drug-likeness (QED) is 0.624. The number of aliphatic hydroxyl groups is 2. The number of halogens is 3. The van der Waals surface area contributed by atoms with Gasteiger partial charge in [0.05, 0.1) is 11.1 Å². The Kier molecular flexibility index (Phi) is 6.61. The number of hydrogen-bond donors (Lipinski definition) is 4. The molecule has 0 aromatic heterocycles. The van der Waals surface area contributed by atoms with Gasteiger partial charge in [-0.15, -0.1) is 0 Å². The first-order valence-electron chi connectivity index (χ1n) is 7.50. The molecule has 146 valence electrons. The van der Waals surface area contributed by atoms with Crippen molar-refractivity contribution in [2.24, 2.45) is 0 Å². The second kappa shape index (κ2) is 7.92. The molecule has 26 heavy (non-hydrogen) atoms. The first-order chi connectivity index (χ1) is 11.7. The maximum absolute atomic E-state index is 13.0. The maximum atomic E-state index is 13.0. The number of carboxylic acid groups (broad SMARTS) is 1. The van der Waals surface area contributed by atoms with Crippen molar-refractivity contribution in [3.05, 3.63) is 34.9 Å². The van der Waals surface area contributed by atoms with E-state index in [0.717, 1.165) is 6.07 Å². The second-order valence-corrected chi connectivity index (χ2v) is 6.50. The third-order valence-electron chi connectivity index (χ3n) is 3.14. The highest BCUT2D eigenvalue weighted by molar-refractivity contribution is 5.89. The van der Waals surface area contributed by atoms with Crippen LogP contribution in [0.2, 0.25) is 0 Å². The van der Waals surface area contributed by atoms with Gasteiger partial charge in [0.1, 0.15) is 17.8 Å². The minimum Gasteiger partial charge on any atom is -0.478 e. The van der Waals surface area contributed by atoms with E-state index < -0.39 is 53.7 Å². The maximum Gasteiger partial charge on any atom is 0.417 e. The average molecular weight is 379 g/mol. The fraction of sp³-hybridized carbons (Fsp3) is 0.500. The lowest BCUT2D eigenvalue weighted by atomic mass is 9.98. The average Bonchev–Trinajstić information content (AvgIpc) is 2.48. The van der Waals surface area contributed by atoms with Crippen LogP contribution in [0.1, 0.15) is 48.4 Å². The molecule has 4 N–H and O–H groups in total. The summed E-state index contributed by atoms with van der Waals surface area (Å²) in [5, 5.41) is 30.9. The summed E-state index contributed by atoms with van der Waals surface area (Å²) in [6.45, 7) is 4.35. The first kappa shape index (κ1) is 21.7. The molecular formula is C16H20F3NO6. The Balaban J connectivity index is 2.91. The number of carbonyl (C=O) groups is 2. The standard InChI is InChI=1S/C16H20F3NO6/c1-15(2,3)26-14(25)20-7-11(21)12(22)8-4-5-9(13(23)24)10(6-8)16(17,18)19/h4-6,11-12,21-22H,7H2,1-3H3,(H,20,25)(H,23,24). The molecule has 0 saturated carbocycles. The van der Waals surface area contributed by atoms with Crippen LogP contribution in [0.5, 0.6) is 0 Å². The molecule has 7 nitrogen and oxygen atoms in total. The van der Waals surface area contributed by atoms with Crippen molar-refractivity contribution in [3.8, 4) is 0 Å². The summed E-state index contributed by atoms with van der Waals surface area (Å²) >= 11 is 0. The molecule has 0 aliphatic carbocycles. The number of carboxylic acids is 1. The summed E-state index contributed by atoms with van der Waals surface area (Å²) in [6, 6.07) is 2.10. The molecule has 10 heteroatoms. The third kappa shape index (κ3) is 6.19. The fourth-order valence-electron chi connectivity index (χ4n) is 2.00. The summed E-state index contributed by atoms with van der Waals surface area (Å²) in [5.41, 5.74) is -3.56. The zero-order valence-corrected chi connectivity index (χ0v) is 14.3. The van der Waals surface area contributed by atoms with Crippen LogP contribution in [0.4, 0.5) is 18.0 Å². The van der Waals surface area contributed by atoms with Crippen molar-refractivity contribution in [1.29, 1.82) is 0 Å². The highest BCUT2D eigenvalue weighted by atomic mass is 19.4. The Bertz CT molecular complexity index is 669. The summed E-state index contributed by atoms with van der Waals surface area (Å²) in [7, 11) is 0. The molecular weight excluding hydrogens is 359 g/mol. The number of rotatable bonds is 5. The fourth-order valence-corrected chi connectivity index (χ4v) is 2.00. The molecule has 1 rings (SSSR count). The van der Waals surface area contributed by atoms with Crippen molar-refractivity contribution < 1.29 is 42.8 Å². The topological polar surface area (TPSA) is 116 Å². The highest BCUT2D eigenvalue weighted by Gasteiger charge is 2.36. The lowest BCUT2D eigenvalue weighted by Crippen LogP contribution is -2.38. The number of amides is 1. The van der Waals surface area contributed by atoms with E-state index in [1.54, 1.807) is 20.8 Å². The molecule has 2 unspecified atom stereocenters. The number of alkyl carbamates (subject to hydrolysis) is 1. The molecule has 0 heterocycles. The summed E-state index contributed by atoms with van der Waals surface area (Å²) in [4.78, 5) is 22.4. The van der Waals surface area contributed by atoms with Crippen LogP contribution in [0, 0.1) is 0 Å². The van der Waals surface area contributed by atoms with E-state index in [1.165, 1.54) is 0 Å². The van der Waals surface area contributed by atoms with Gasteiger partial charge in [0.15, 0.2) is 0 Å². The normalized spacial score (nSPS) is 14.5. The van der Waals surface area contributed by atoms with E-state index in [1.807, 2.05) is 0 Å². The Hall–Kier alpha value is -2.33. The minimum atomic E-state index is -4.96. The van der Waals surface area contributed by atoms with Crippen molar-refractivity contribution in [3.63, 3.8) is 0 Å². The van der Waals surface area contributed by atoms with E-state index in [-0.39, 0.29) is 5.56 Å². The van der Waals surface area contributed by atoms with Crippen LogP contribution in [0.3, 0.4) is 0 Å². The monoisotopic (exact) mass is 379 g/mol. The van der Waals surface area contributed by atoms with Crippen molar-refractivity contribution in [2.45, 2.75) is 44.8 Å². The van der Waals surface area contributed by atoms with Gasteiger partial charge in [-0.05, 0) is 38.5 Å². The van der Waals surface area contributed by atoms with Crippen LogP contribution in [-0.2, 0) is 10.9 Å². The second-order valence-electron chi connectivity index (χ2n) is 6.50. The summed E-state index contributed by atoms with van der Waals surface area (Å²) < 4.78 is 43.9. The summed E-state index contributed by atoms with van der Waals surface area (Å²) in [6.07, 6.45) is -9.25. The molecule has 0 radical (unpaired) electrons. The number of carbonyl (C=O) groups excluding carboxylic acids is 1. The van der Waals surface area contributed by atoms with E-state index in [4.69, 9.17) is 9.84 Å². The first-order valence-corrected chi connectivity index (χ1v) is 7.50. The van der Waals surface area contributed by atoms with Gasteiger partial charge in [0, 0.05) is 6.54 Å². The predicted octanol–water partition coefficient (Wildman–Crippen LogP) is 2.32. The van der Waals surface area contributed by atoms with Crippen LogP contribution >= 0.6 is 0 Å². The molecule has 0 aliphatic rings. The Morgan fingerprint density at radius 2 is 1.77 bits per heavy atom. The Labute approximate surface area is 147 Å². The number of aromatic carboxylic acids is 1. The Morgan fingerprint density at radius 1 is 1.19 bits per heavy atom. The van der Waals surface area contributed by atoms with Crippen molar-refractivity contribution in [1.82, 2.24) is 5.32 Å². The van der Waals surface area contributed by atoms with Gasteiger partial charge in [-0.3, -0.25) is 0 Å². The molecule has 0 saturated heterocycles. The summed E-state index contributed by atoms with van der Waals surface area (Å²) in [5.74, 6) is -1.77. The Morgan fingerprint density at radius 3 is 2.23 bits per heavy atom. The van der Waals surface area contributed by atoms with Crippen molar-refractivity contribution >= 4 is 12.1 Å². The van der Waals surface area contributed by atoms with Gasteiger partial charge >= 0.3 is 18.2 Å². The largest absolute Gasteiger partial charge is 0.478 e. The van der Waals surface area contributed by atoms with Gasteiger partial charge in [-0.25, -0.2) is 9.59 Å². The lowest BCUT2D eigenvalue weighted by molar-refractivity contribution is -0.138. The number of aliphatic hydroxyl groups excluding tert-OH is 2. The van der Waals surface area contributed by atoms with Gasteiger partial charge in [-0.1, -0.05) is 6.07 Å². The van der Waals surface area contributed by atoms with E-state index in [2.05, 4.69) is 5.32 Å². The lowest BCUT2D eigenvalue weighted by Gasteiger charge is -2.23. The molecule has 0 bridgehead atoms. The van der Waals surface area contributed by atoms with Crippen LogP contribution in [-0.4, -0.2) is 45.6 Å². The molecule has 0 fully saturated rings. The van der Waals surface area contributed by atoms with E-state index in [0.29, 0.717) is 12.1 Å². The van der Waals surface area contributed by atoms with Crippen molar-refractivity contribution in [2.75, 3.05) is 6.54 Å². The number of alkyl halides is 3.